The minimum Gasteiger partial charge on any atom is -0.289 e. The van der Waals surface area contributed by atoms with E-state index in [1.807, 2.05) is 16.8 Å². The highest BCUT2D eigenvalue weighted by molar-refractivity contribution is 7.07. The molecule has 0 N–H and O–H groups in total. The topological polar surface area (TPSA) is 3.24 Å². The summed E-state index contributed by atoms with van der Waals surface area (Å²) in [6.07, 6.45) is -4.16. The summed E-state index contributed by atoms with van der Waals surface area (Å²) in [6.45, 7) is -0.359. The number of rotatable bonds is 5. The molecule has 0 aliphatic carbocycles. The van der Waals surface area contributed by atoms with Crippen molar-refractivity contribution in [2.75, 3.05) is 19.0 Å². The van der Waals surface area contributed by atoms with Crippen LogP contribution in [0.3, 0.4) is 0 Å². The molecule has 0 amide bonds. The molecule has 0 aliphatic heterocycles. The Morgan fingerprint density at radius 2 is 2.13 bits per heavy atom. The summed E-state index contributed by atoms with van der Waals surface area (Å²) < 4.78 is 36.5. The van der Waals surface area contributed by atoms with Gasteiger partial charge in [0, 0.05) is 19.0 Å². The van der Waals surface area contributed by atoms with Crippen LogP contribution in [0.5, 0.6) is 0 Å². The molecular formula is C9H11ClF3NS. The van der Waals surface area contributed by atoms with Crippen LogP contribution >= 0.6 is 22.9 Å². The number of hydrogen-bond donors (Lipinski definition) is 0. The molecule has 0 atom stereocenters. The fourth-order valence-corrected chi connectivity index (χ4v) is 2.13. The van der Waals surface area contributed by atoms with Crippen LogP contribution in [-0.2, 0) is 6.54 Å². The van der Waals surface area contributed by atoms with Crippen LogP contribution < -0.4 is 0 Å². The molecule has 0 fully saturated rings. The van der Waals surface area contributed by atoms with E-state index in [1.165, 1.54) is 16.2 Å². The predicted molar refractivity (Wildman–Crippen MR) is 56.4 cm³/mol. The van der Waals surface area contributed by atoms with Gasteiger partial charge in [0.25, 0.3) is 0 Å². The van der Waals surface area contributed by atoms with Gasteiger partial charge >= 0.3 is 6.18 Å². The smallest absolute Gasteiger partial charge is 0.289 e. The van der Waals surface area contributed by atoms with Gasteiger partial charge in [-0.1, -0.05) is 0 Å². The van der Waals surface area contributed by atoms with E-state index in [1.54, 1.807) is 0 Å². The lowest BCUT2D eigenvalue weighted by Crippen LogP contribution is -2.35. The Labute approximate surface area is 95.5 Å². The molecule has 6 heteroatoms. The summed E-state index contributed by atoms with van der Waals surface area (Å²) in [5.41, 5.74) is 0.898. The second-order valence-corrected chi connectivity index (χ2v) is 4.30. The third-order valence-corrected chi connectivity index (χ3v) is 2.69. The molecule has 0 saturated heterocycles. The van der Waals surface area contributed by atoms with E-state index in [-0.39, 0.29) is 12.4 Å². The largest absolute Gasteiger partial charge is 0.401 e. The van der Waals surface area contributed by atoms with Gasteiger partial charge in [-0.25, -0.2) is 0 Å². The van der Waals surface area contributed by atoms with Crippen LogP contribution in [0, 0.1) is 0 Å². The van der Waals surface area contributed by atoms with E-state index in [0.29, 0.717) is 6.54 Å². The van der Waals surface area contributed by atoms with Gasteiger partial charge in [0.2, 0.25) is 0 Å². The molecule has 0 unspecified atom stereocenters. The first kappa shape index (κ1) is 12.8. The Hall–Kier alpha value is -0.260. The number of hydrogen-bond acceptors (Lipinski definition) is 2. The van der Waals surface area contributed by atoms with Crippen LogP contribution in [-0.4, -0.2) is 30.0 Å². The quantitative estimate of drug-likeness (QED) is 0.731. The molecule has 0 aromatic carbocycles. The molecule has 0 saturated carbocycles. The molecule has 1 aromatic heterocycles. The molecule has 1 rings (SSSR count). The highest BCUT2D eigenvalue weighted by Crippen LogP contribution is 2.18. The van der Waals surface area contributed by atoms with Crippen molar-refractivity contribution in [3.63, 3.8) is 0 Å². The standard InChI is InChI=1S/C9H11ClF3NS/c10-2-3-14(7-9(11,12)13)5-8-1-4-15-6-8/h1,4,6H,2-3,5,7H2. The van der Waals surface area contributed by atoms with Crippen molar-refractivity contribution in [2.45, 2.75) is 12.7 Å². The molecule has 0 bridgehead atoms. The zero-order valence-corrected chi connectivity index (χ0v) is 9.50. The van der Waals surface area contributed by atoms with Crippen molar-refractivity contribution in [3.05, 3.63) is 22.4 Å². The first-order chi connectivity index (χ1) is 7.01. The molecular weight excluding hydrogens is 247 g/mol. The first-order valence-electron chi connectivity index (χ1n) is 4.37. The molecule has 15 heavy (non-hydrogen) atoms. The minimum absolute atomic E-state index is 0.209. The highest BCUT2D eigenvalue weighted by Gasteiger charge is 2.30. The van der Waals surface area contributed by atoms with Gasteiger partial charge in [-0.2, -0.15) is 24.5 Å². The first-order valence-corrected chi connectivity index (χ1v) is 5.85. The van der Waals surface area contributed by atoms with Crippen molar-refractivity contribution >= 4 is 22.9 Å². The van der Waals surface area contributed by atoms with Crippen LogP contribution in [0.1, 0.15) is 5.56 Å². The Balaban J connectivity index is 2.51. The third kappa shape index (κ3) is 5.39. The summed E-state index contributed by atoms with van der Waals surface area (Å²) in [5.74, 6) is 0.209. The molecule has 1 heterocycles. The maximum absolute atomic E-state index is 12.2. The van der Waals surface area contributed by atoms with E-state index < -0.39 is 12.7 Å². The molecule has 0 spiro atoms. The van der Waals surface area contributed by atoms with Crippen LogP contribution in [0.4, 0.5) is 13.2 Å². The second kappa shape index (κ2) is 5.72. The van der Waals surface area contributed by atoms with E-state index in [0.717, 1.165) is 5.56 Å². The lowest BCUT2D eigenvalue weighted by Gasteiger charge is -2.21. The Kier molecular flexibility index (Phi) is 4.89. The maximum atomic E-state index is 12.2. The van der Waals surface area contributed by atoms with Gasteiger partial charge in [-0.3, -0.25) is 4.90 Å². The molecule has 86 valence electrons. The zero-order valence-electron chi connectivity index (χ0n) is 7.93. The average molecular weight is 258 g/mol. The van der Waals surface area contributed by atoms with Crippen LogP contribution in [0.15, 0.2) is 16.8 Å². The lowest BCUT2D eigenvalue weighted by atomic mass is 10.3. The van der Waals surface area contributed by atoms with Gasteiger partial charge in [0.15, 0.2) is 0 Å². The Morgan fingerprint density at radius 3 is 2.60 bits per heavy atom. The molecule has 1 nitrogen and oxygen atoms in total. The van der Waals surface area contributed by atoms with E-state index >= 15 is 0 Å². The van der Waals surface area contributed by atoms with Crippen LogP contribution in [0.2, 0.25) is 0 Å². The lowest BCUT2D eigenvalue weighted by molar-refractivity contribution is -0.146. The molecule has 0 aliphatic rings. The SMILES string of the molecule is FC(F)(F)CN(CCCl)Cc1ccsc1. The van der Waals surface area contributed by atoms with Crippen molar-refractivity contribution in [2.24, 2.45) is 0 Å². The maximum Gasteiger partial charge on any atom is 0.401 e. The van der Waals surface area contributed by atoms with E-state index in [9.17, 15) is 13.2 Å². The van der Waals surface area contributed by atoms with E-state index in [4.69, 9.17) is 11.6 Å². The van der Waals surface area contributed by atoms with Gasteiger partial charge in [-0.15, -0.1) is 11.6 Å². The van der Waals surface area contributed by atoms with Crippen LogP contribution in [0.25, 0.3) is 0 Å². The Bertz CT molecular complexity index is 273. The van der Waals surface area contributed by atoms with Crippen molar-refractivity contribution in [1.82, 2.24) is 4.90 Å². The van der Waals surface area contributed by atoms with Gasteiger partial charge in [0.1, 0.15) is 0 Å². The monoisotopic (exact) mass is 257 g/mol. The van der Waals surface area contributed by atoms with Crippen molar-refractivity contribution in [3.8, 4) is 0 Å². The Morgan fingerprint density at radius 1 is 1.40 bits per heavy atom. The third-order valence-electron chi connectivity index (χ3n) is 1.79. The van der Waals surface area contributed by atoms with Crippen molar-refractivity contribution < 1.29 is 13.2 Å². The van der Waals surface area contributed by atoms with Crippen molar-refractivity contribution in [1.29, 1.82) is 0 Å². The number of alkyl halides is 4. The van der Waals surface area contributed by atoms with Gasteiger partial charge in [-0.05, 0) is 22.4 Å². The zero-order chi connectivity index (χ0) is 11.3. The summed E-state index contributed by atoms with van der Waals surface area (Å²) in [4.78, 5) is 1.30. The second-order valence-electron chi connectivity index (χ2n) is 3.15. The summed E-state index contributed by atoms with van der Waals surface area (Å²) >= 11 is 6.94. The predicted octanol–water partition coefficient (Wildman–Crippen LogP) is 3.35. The van der Waals surface area contributed by atoms with Gasteiger partial charge < -0.3 is 0 Å². The summed E-state index contributed by atoms with van der Waals surface area (Å²) in [7, 11) is 0. The fourth-order valence-electron chi connectivity index (χ4n) is 1.23. The molecule has 1 aromatic rings. The highest BCUT2D eigenvalue weighted by atomic mass is 35.5. The van der Waals surface area contributed by atoms with E-state index in [2.05, 4.69) is 0 Å². The normalized spacial score (nSPS) is 12.3. The molecule has 0 radical (unpaired) electrons. The summed E-state index contributed by atoms with van der Waals surface area (Å²) in [5, 5.41) is 3.69. The van der Waals surface area contributed by atoms with Gasteiger partial charge in [0.05, 0.1) is 6.54 Å². The summed E-state index contributed by atoms with van der Waals surface area (Å²) in [6, 6.07) is 1.82. The average Bonchev–Trinajstić information content (AvgIpc) is 2.54. The number of nitrogens with zero attached hydrogens (tertiary/aromatic N) is 1. The number of halogens is 4. The minimum atomic E-state index is -4.16. The number of thiophene rings is 1. The fraction of sp³-hybridized carbons (Fsp3) is 0.556.